The van der Waals surface area contributed by atoms with E-state index in [1.807, 2.05) is 31.2 Å². The predicted octanol–water partition coefficient (Wildman–Crippen LogP) is 3.88. The number of ether oxygens (including phenoxy) is 1. The third-order valence-electron chi connectivity index (χ3n) is 4.72. The molecule has 0 aliphatic heterocycles. The minimum atomic E-state index is 0.544. The normalized spacial score (nSPS) is 11.0. The summed E-state index contributed by atoms with van der Waals surface area (Å²) in [5.74, 6) is 3.06. The van der Waals surface area contributed by atoms with Gasteiger partial charge < -0.3 is 9.15 Å². The van der Waals surface area contributed by atoms with Crippen LogP contribution in [-0.4, -0.2) is 32.2 Å². The topological polar surface area (TPSA) is 89.7 Å². The van der Waals surface area contributed by atoms with Crippen LogP contribution in [0.1, 0.15) is 28.4 Å². The molecule has 148 valence electrons. The lowest BCUT2D eigenvalue weighted by Gasteiger charge is -2.06. The average molecular weight is 389 g/mol. The van der Waals surface area contributed by atoms with Crippen molar-refractivity contribution in [1.82, 2.24) is 25.6 Å². The number of aryl methyl sites for hydroxylation is 4. The molecular weight excluding hydrogens is 366 g/mol. The van der Waals surface area contributed by atoms with Gasteiger partial charge in [0.2, 0.25) is 5.89 Å². The number of tetrazole rings is 1. The lowest BCUT2D eigenvalue weighted by molar-refractivity contribution is 0.320. The van der Waals surface area contributed by atoms with E-state index in [0.717, 1.165) is 41.4 Å². The number of nitrogens with one attached hydrogen (secondary N) is 1. The summed E-state index contributed by atoms with van der Waals surface area (Å²) in [7, 11) is 0. The van der Waals surface area contributed by atoms with Crippen LogP contribution in [0.5, 0.6) is 5.75 Å². The van der Waals surface area contributed by atoms with E-state index in [-0.39, 0.29) is 0 Å². The number of hydrogen-bond donors (Lipinski definition) is 1. The molecule has 2 heterocycles. The first kappa shape index (κ1) is 18.9. The molecule has 0 saturated carbocycles. The molecule has 0 fully saturated rings. The van der Waals surface area contributed by atoms with Gasteiger partial charge in [-0.3, -0.25) is 0 Å². The summed E-state index contributed by atoms with van der Waals surface area (Å²) in [4.78, 5) is 4.65. The Labute approximate surface area is 169 Å². The molecule has 0 bridgehead atoms. The highest BCUT2D eigenvalue weighted by molar-refractivity contribution is 5.54. The number of H-pyrrole nitrogens is 1. The van der Waals surface area contributed by atoms with Crippen LogP contribution in [0.2, 0.25) is 0 Å². The summed E-state index contributed by atoms with van der Waals surface area (Å²) in [6.45, 7) is 4.55. The monoisotopic (exact) mass is 389 g/mol. The van der Waals surface area contributed by atoms with Crippen LogP contribution in [0.25, 0.3) is 11.5 Å². The van der Waals surface area contributed by atoms with Crippen LogP contribution in [0.15, 0.2) is 52.9 Å². The number of aromatic amines is 1. The maximum Gasteiger partial charge on any atom is 0.226 e. The van der Waals surface area contributed by atoms with Gasteiger partial charge in [0.15, 0.2) is 5.82 Å². The molecule has 0 radical (unpaired) electrons. The van der Waals surface area contributed by atoms with Gasteiger partial charge >= 0.3 is 0 Å². The van der Waals surface area contributed by atoms with Crippen LogP contribution in [0.4, 0.5) is 0 Å². The summed E-state index contributed by atoms with van der Waals surface area (Å²) in [6, 6.07) is 16.3. The third-order valence-corrected chi connectivity index (χ3v) is 4.72. The number of benzene rings is 2. The van der Waals surface area contributed by atoms with Gasteiger partial charge in [-0.25, -0.2) is 4.98 Å². The Kier molecular flexibility index (Phi) is 5.65. The quantitative estimate of drug-likeness (QED) is 0.492. The van der Waals surface area contributed by atoms with Crippen molar-refractivity contribution in [2.45, 2.75) is 33.1 Å². The molecule has 29 heavy (non-hydrogen) atoms. The Morgan fingerprint density at radius 1 is 1.00 bits per heavy atom. The predicted molar refractivity (Wildman–Crippen MR) is 109 cm³/mol. The lowest BCUT2D eigenvalue weighted by atomic mass is 10.1. The van der Waals surface area contributed by atoms with Crippen LogP contribution in [0.3, 0.4) is 0 Å². The number of oxazole rings is 1. The third kappa shape index (κ3) is 4.87. The molecule has 0 aliphatic carbocycles. The minimum Gasteiger partial charge on any atom is -0.493 e. The standard InChI is InChI=1S/C22H23N5O2/c1-15-4-3-5-18(14-15)22-23-20(16(2)29-22)12-13-28-19-9-6-17(7-10-19)8-11-21-24-26-27-25-21/h3-7,9-10,14H,8,11-13H2,1-2H3,(H,24,25,26,27). The van der Waals surface area contributed by atoms with Crippen molar-refractivity contribution >= 4 is 0 Å². The van der Waals surface area contributed by atoms with E-state index in [1.165, 1.54) is 11.1 Å². The first-order chi connectivity index (χ1) is 14.2. The van der Waals surface area contributed by atoms with Crippen molar-refractivity contribution in [3.8, 4) is 17.2 Å². The van der Waals surface area contributed by atoms with Gasteiger partial charge in [-0.2, -0.15) is 5.21 Å². The highest BCUT2D eigenvalue weighted by atomic mass is 16.5. The molecule has 0 spiro atoms. The second kappa shape index (κ2) is 8.68. The van der Waals surface area contributed by atoms with Crippen molar-refractivity contribution in [3.63, 3.8) is 0 Å². The summed E-state index contributed by atoms with van der Waals surface area (Å²) >= 11 is 0. The van der Waals surface area contributed by atoms with E-state index in [9.17, 15) is 0 Å². The van der Waals surface area contributed by atoms with Crippen LogP contribution >= 0.6 is 0 Å². The Morgan fingerprint density at radius 3 is 2.62 bits per heavy atom. The number of rotatable bonds is 8. The van der Waals surface area contributed by atoms with Gasteiger partial charge in [0, 0.05) is 18.4 Å². The van der Waals surface area contributed by atoms with E-state index in [1.54, 1.807) is 0 Å². The molecule has 0 amide bonds. The van der Waals surface area contributed by atoms with E-state index in [0.29, 0.717) is 18.9 Å². The number of nitrogens with zero attached hydrogens (tertiary/aromatic N) is 4. The van der Waals surface area contributed by atoms with Gasteiger partial charge in [-0.1, -0.05) is 35.0 Å². The fraction of sp³-hybridized carbons (Fsp3) is 0.273. The van der Waals surface area contributed by atoms with Crippen molar-refractivity contribution < 1.29 is 9.15 Å². The second-order valence-corrected chi connectivity index (χ2v) is 6.96. The first-order valence-corrected chi connectivity index (χ1v) is 9.65. The number of aromatic nitrogens is 5. The molecule has 4 rings (SSSR count). The maximum atomic E-state index is 5.88. The van der Waals surface area contributed by atoms with Crippen LogP contribution in [-0.2, 0) is 19.3 Å². The molecule has 4 aromatic rings. The molecule has 0 saturated heterocycles. The van der Waals surface area contributed by atoms with Crippen molar-refractivity contribution in [3.05, 3.63) is 76.9 Å². The zero-order valence-electron chi connectivity index (χ0n) is 16.6. The van der Waals surface area contributed by atoms with Gasteiger partial charge in [-0.15, -0.1) is 10.2 Å². The van der Waals surface area contributed by atoms with Crippen molar-refractivity contribution in [2.75, 3.05) is 6.61 Å². The van der Waals surface area contributed by atoms with Crippen molar-refractivity contribution in [2.24, 2.45) is 0 Å². The lowest BCUT2D eigenvalue weighted by Crippen LogP contribution is -2.03. The van der Waals surface area contributed by atoms with Gasteiger partial charge in [0.05, 0.1) is 12.3 Å². The fourth-order valence-electron chi connectivity index (χ4n) is 3.12. The number of hydrogen-bond acceptors (Lipinski definition) is 6. The van der Waals surface area contributed by atoms with Gasteiger partial charge in [0.25, 0.3) is 0 Å². The zero-order valence-corrected chi connectivity index (χ0v) is 16.6. The Balaban J connectivity index is 1.30. The van der Waals surface area contributed by atoms with Crippen molar-refractivity contribution in [1.29, 1.82) is 0 Å². The van der Waals surface area contributed by atoms with Crippen LogP contribution in [0, 0.1) is 13.8 Å². The Hall–Kier alpha value is -3.48. The molecule has 2 aromatic carbocycles. The summed E-state index contributed by atoms with van der Waals surface area (Å²) in [5.41, 5.74) is 4.32. The molecular formula is C22H23N5O2. The van der Waals surface area contributed by atoms with E-state index < -0.39 is 0 Å². The summed E-state index contributed by atoms with van der Waals surface area (Å²) < 4.78 is 11.7. The molecule has 1 N–H and O–H groups in total. The molecule has 7 nitrogen and oxygen atoms in total. The summed E-state index contributed by atoms with van der Waals surface area (Å²) in [6.07, 6.45) is 2.31. The van der Waals surface area contributed by atoms with Gasteiger partial charge in [-0.05, 0) is 50.1 Å². The maximum absolute atomic E-state index is 5.88. The van der Waals surface area contributed by atoms with Gasteiger partial charge in [0.1, 0.15) is 11.5 Å². The second-order valence-electron chi connectivity index (χ2n) is 6.96. The minimum absolute atomic E-state index is 0.544. The summed E-state index contributed by atoms with van der Waals surface area (Å²) in [5, 5.41) is 14.0. The Morgan fingerprint density at radius 2 is 1.86 bits per heavy atom. The Bertz CT molecular complexity index is 1060. The van der Waals surface area contributed by atoms with E-state index in [2.05, 4.69) is 56.8 Å². The molecule has 7 heteroatoms. The average Bonchev–Trinajstić information content (AvgIpc) is 3.37. The first-order valence-electron chi connectivity index (χ1n) is 9.65. The molecule has 2 aromatic heterocycles. The van der Waals surface area contributed by atoms with Crippen LogP contribution < -0.4 is 4.74 Å². The molecule has 0 atom stereocenters. The SMILES string of the molecule is Cc1cccc(-c2nc(CCOc3ccc(CCc4nn[nH]n4)cc3)c(C)o2)c1. The highest BCUT2D eigenvalue weighted by Crippen LogP contribution is 2.23. The largest absolute Gasteiger partial charge is 0.493 e. The molecule has 0 aliphatic rings. The smallest absolute Gasteiger partial charge is 0.226 e. The zero-order chi connectivity index (χ0) is 20.1. The highest BCUT2D eigenvalue weighted by Gasteiger charge is 2.11. The fourth-order valence-corrected chi connectivity index (χ4v) is 3.12. The van der Waals surface area contributed by atoms with E-state index in [4.69, 9.17) is 9.15 Å². The van der Waals surface area contributed by atoms with E-state index >= 15 is 0 Å². The molecule has 0 unspecified atom stereocenters.